The summed E-state index contributed by atoms with van der Waals surface area (Å²) in [7, 11) is -2.07. The summed E-state index contributed by atoms with van der Waals surface area (Å²) in [6.07, 6.45) is 4.58. The molecule has 5 nitrogen and oxygen atoms in total. The molecule has 0 aliphatic heterocycles. The van der Waals surface area contributed by atoms with E-state index in [1.165, 1.54) is 19.1 Å². The second-order valence-electron chi connectivity index (χ2n) is 5.42. The highest BCUT2D eigenvalue weighted by atomic mass is 32.2. The standard InChI is InChI=1S/C15H23NO4S/c1-20-11-14(8-9-17)16-21(18,19)15-7-6-12-4-2-3-5-13(12)10-15/h6-7,10,14,16-17H,2-5,8-9,11H2,1H3. The molecule has 0 saturated heterocycles. The lowest BCUT2D eigenvalue weighted by Gasteiger charge is -2.19. The molecule has 0 aromatic heterocycles. The van der Waals surface area contributed by atoms with Crippen molar-refractivity contribution in [2.75, 3.05) is 20.3 Å². The number of methoxy groups -OCH3 is 1. The molecule has 0 heterocycles. The van der Waals surface area contributed by atoms with Crippen LogP contribution in [0.3, 0.4) is 0 Å². The summed E-state index contributed by atoms with van der Waals surface area (Å²) >= 11 is 0. The van der Waals surface area contributed by atoms with Gasteiger partial charge in [0.05, 0.1) is 11.5 Å². The van der Waals surface area contributed by atoms with Crippen molar-refractivity contribution in [2.45, 2.75) is 43.0 Å². The van der Waals surface area contributed by atoms with Gasteiger partial charge in [-0.3, -0.25) is 0 Å². The van der Waals surface area contributed by atoms with Crippen molar-refractivity contribution in [2.24, 2.45) is 0 Å². The van der Waals surface area contributed by atoms with E-state index >= 15 is 0 Å². The van der Waals surface area contributed by atoms with E-state index in [4.69, 9.17) is 9.84 Å². The van der Waals surface area contributed by atoms with Crippen LogP contribution in [0, 0.1) is 0 Å². The second kappa shape index (κ2) is 7.35. The first kappa shape index (κ1) is 16.4. The molecule has 1 aromatic rings. The Labute approximate surface area is 126 Å². The summed E-state index contributed by atoms with van der Waals surface area (Å²) in [4.78, 5) is 0.294. The van der Waals surface area contributed by atoms with Gasteiger partial charge in [0.15, 0.2) is 0 Å². The summed E-state index contributed by atoms with van der Waals surface area (Å²) in [5, 5.41) is 9.00. The van der Waals surface area contributed by atoms with Crippen LogP contribution in [0.1, 0.15) is 30.4 Å². The molecule has 0 fully saturated rings. The van der Waals surface area contributed by atoms with E-state index in [9.17, 15) is 8.42 Å². The van der Waals surface area contributed by atoms with Crippen LogP contribution in [0.25, 0.3) is 0 Å². The average molecular weight is 313 g/mol. The van der Waals surface area contributed by atoms with Gasteiger partial charge in [-0.25, -0.2) is 13.1 Å². The van der Waals surface area contributed by atoms with Crippen LogP contribution >= 0.6 is 0 Å². The van der Waals surface area contributed by atoms with Gasteiger partial charge < -0.3 is 9.84 Å². The Morgan fingerprint density at radius 3 is 2.67 bits per heavy atom. The molecule has 21 heavy (non-hydrogen) atoms. The number of aryl methyl sites for hydroxylation is 2. The zero-order valence-corrected chi connectivity index (χ0v) is 13.2. The van der Waals surface area contributed by atoms with E-state index in [1.807, 2.05) is 6.07 Å². The monoisotopic (exact) mass is 313 g/mol. The second-order valence-corrected chi connectivity index (χ2v) is 7.14. The third-order valence-corrected chi connectivity index (χ3v) is 5.32. The van der Waals surface area contributed by atoms with Gasteiger partial charge in [0.2, 0.25) is 10.0 Å². The van der Waals surface area contributed by atoms with Gasteiger partial charge in [-0.2, -0.15) is 0 Å². The Morgan fingerprint density at radius 2 is 2.00 bits per heavy atom. The Morgan fingerprint density at radius 1 is 1.29 bits per heavy atom. The van der Waals surface area contributed by atoms with Gasteiger partial charge in [0.25, 0.3) is 0 Å². The van der Waals surface area contributed by atoms with Crippen LogP contribution in [0.5, 0.6) is 0 Å². The fourth-order valence-electron chi connectivity index (χ4n) is 2.70. The lowest BCUT2D eigenvalue weighted by Crippen LogP contribution is -2.38. The maximum Gasteiger partial charge on any atom is 0.240 e. The number of sulfonamides is 1. The van der Waals surface area contributed by atoms with Crippen molar-refractivity contribution < 1.29 is 18.3 Å². The number of nitrogens with one attached hydrogen (secondary N) is 1. The van der Waals surface area contributed by atoms with Gasteiger partial charge in [-0.1, -0.05) is 6.07 Å². The molecule has 1 aliphatic carbocycles. The SMILES string of the molecule is COCC(CCO)NS(=O)(=O)c1ccc2c(c1)CCCC2. The van der Waals surface area contributed by atoms with Crippen molar-refractivity contribution in [1.82, 2.24) is 4.72 Å². The van der Waals surface area contributed by atoms with Crippen molar-refractivity contribution >= 4 is 10.0 Å². The lowest BCUT2D eigenvalue weighted by molar-refractivity contribution is 0.158. The van der Waals surface area contributed by atoms with E-state index in [2.05, 4.69) is 4.72 Å². The minimum absolute atomic E-state index is 0.0826. The Bertz CT molecular complexity index is 565. The van der Waals surface area contributed by atoms with Gasteiger partial charge >= 0.3 is 0 Å². The Balaban J connectivity index is 2.18. The maximum absolute atomic E-state index is 12.4. The number of benzene rings is 1. The largest absolute Gasteiger partial charge is 0.396 e. The lowest BCUT2D eigenvalue weighted by atomic mass is 9.92. The normalized spacial score (nSPS) is 16.5. The van der Waals surface area contributed by atoms with Crippen LogP contribution in [0.15, 0.2) is 23.1 Å². The smallest absolute Gasteiger partial charge is 0.240 e. The van der Waals surface area contributed by atoms with E-state index in [-0.39, 0.29) is 13.2 Å². The van der Waals surface area contributed by atoms with E-state index in [0.717, 1.165) is 24.8 Å². The van der Waals surface area contributed by atoms with Crippen molar-refractivity contribution in [3.63, 3.8) is 0 Å². The van der Waals surface area contributed by atoms with Gasteiger partial charge in [0.1, 0.15) is 0 Å². The van der Waals surface area contributed by atoms with Crippen LogP contribution in [0.2, 0.25) is 0 Å². The number of aliphatic hydroxyl groups excluding tert-OH is 1. The van der Waals surface area contributed by atoms with Crippen LogP contribution in [-0.2, 0) is 27.6 Å². The van der Waals surface area contributed by atoms with E-state index < -0.39 is 16.1 Å². The highest BCUT2D eigenvalue weighted by Crippen LogP contribution is 2.24. The molecule has 0 radical (unpaired) electrons. The highest BCUT2D eigenvalue weighted by molar-refractivity contribution is 7.89. The molecule has 6 heteroatoms. The van der Waals surface area contributed by atoms with E-state index in [0.29, 0.717) is 11.3 Å². The molecule has 1 unspecified atom stereocenters. The minimum Gasteiger partial charge on any atom is -0.396 e. The molecule has 0 amide bonds. The molecule has 1 atom stereocenters. The minimum atomic E-state index is -3.58. The Hall–Kier alpha value is -0.950. The third kappa shape index (κ3) is 4.26. The fourth-order valence-corrected chi connectivity index (χ4v) is 4.00. The van der Waals surface area contributed by atoms with E-state index in [1.54, 1.807) is 12.1 Å². The van der Waals surface area contributed by atoms with Crippen molar-refractivity contribution in [1.29, 1.82) is 0 Å². The summed E-state index contributed by atoms with van der Waals surface area (Å²) in [5.41, 5.74) is 2.39. The van der Waals surface area contributed by atoms with Crippen molar-refractivity contribution in [3.05, 3.63) is 29.3 Å². The number of hydrogen-bond acceptors (Lipinski definition) is 4. The van der Waals surface area contributed by atoms with Crippen LogP contribution in [-0.4, -0.2) is 39.9 Å². The molecule has 1 aromatic carbocycles. The molecule has 2 rings (SSSR count). The number of ether oxygens (including phenoxy) is 1. The summed E-state index contributed by atoms with van der Waals surface area (Å²) in [5.74, 6) is 0. The first-order valence-electron chi connectivity index (χ1n) is 7.31. The zero-order chi connectivity index (χ0) is 15.3. The highest BCUT2D eigenvalue weighted by Gasteiger charge is 2.21. The molecule has 0 spiro atoms. The zero-order valence-electron chi connectivity index (χ0n) is 12.3. The van der Waals surface area contributed by atoms with Gasteiger partial charge in [-0.15, -0.1) is 0 Å². The quantitative estimate of drug-likeness (QED) is 0.794. The predicted molar refractivity (Wildman–Crippen MR) is 80.8 cm³/mol. The number of aliphatic hydroxyl groups is 1. The molecular formula is C15H23NO4S. The summed E-state index contributed by atoms with van der Waals surface area (Å²) in [6.45, 7) is 0.158. The number of rotatable bonds is 7. The predicted octanol–water partition coefficient (Wildman–Crippen LogP) is 1.24. The molecule has 0 bridgehead atoms. The molecule has 118 valence electrons. The van der Waals surface area contributed by atoms with Gasteiger partial charge in [-0.05, 0) is 55.4 Å². The molecule has 0 saturated carbocycles. The topological polar surface area (TPSA) is 75.6 Å². The fraction of sp³-hybridized carbons (Fsp3) is 0.600. The number of hydrogen-bond donors (Lipinski definition) is 2. The average Bonchev–Trinajstić information content (AvgIpc) is 2.47. The summed E-state index contributed by atoms with van der Waals surface area (Å²) in [6, 6.07) is 4.94. The maximum atomic E-state index is 12.4. The molecule has 1 aliphatic rings. The molecular weight excluding hydrogens is 290 g/mol. The van der Waals surface area contributed by atoms with Crippen LogP contribution < -0.4 is 4.72 Å². The summed E-state index contributed by atoms with van der Waals surface area (Å²) < 4.78 is 32.5. The van der Waals surface area contributed by atoms with Crippen LogP contribution in [0.4, 0.5) is 0 Å². The Kier molecular flexibility index (Phi) is 5.75. The first-order chi connectivity index (χ1) is 10.1. The number of fused-ring (bicyclic) bond motifs is 1. The first-order valence-corrected chi connectivity index (χ1v) is 8.79. The third-order valence-electron chi connectivity index (χ3n) is 3.80. The van der Waals surface area contributed by atoms with Gasteiger partial charge in [0, 0.05) is 19.8 Å². The molecule has 2 N–H and O–H groups in total. The van der Waals surface area contributed by atoms with Crippen molar-refractivity contribution in [3.8, 4) is 0 Å².